The lowest BCUT2D eigenvalue weighted by atomic mass is 10.1. The van der Waals surface area contributed by atoms with Gasteiger partial charge >= 0.3 is 0 Å². The van der Waals surface area contributed by atoms with Crippen molar-refractivity contribution in [3.8, 4) is 0 Å². The molecule has 4 nitrogen and oxygen atoms in total. The molecule has 4 heteroatoms. The normalized spacial score (nSPS) is 15.3. The lowest BCUT2D eigenvalue weighted by Gasteiger charge is -2.22. The third kappa shape index (κ3) is 3.96. The maximum Gasteiger partial charge on any atom is 0.133 e. The monoisotopic (exact) mass is 227 g/mol. The first-order chi connectivity index (χ1) is 7.65. The molecule has 1 heterocycles. The molecule has 0 aliphatic carbocycles. The van der Waals surface area contributed by atoms with E-state index in [1.54, 1.807) is 25.5 Å². The minimum Gasteiger partial charge on any atom is -0.467 e. The van der Waals surface area contributed by atoms with E-state index in [-0.39, 0.29) is 6.04 Å². The second-order valence-corrected chi connectivity index (χ2v) is 4.25. The van der Waals surface area contributed by atoms with E-state index in [1.165, 1.54) is 0 Å². The molecular weight excluding hydrogens is 206 g/mol. The molecule has 0 saturated heterocycles. The lowest BCUT2D eigenvalue weighted by Crippen LogP contribution is -2.39. The SMILES string of the molecule is COCC(NCC(O)c1ccco1)C(C)C. The molecule has 2 atom stereocenters. The molecule has 0 aliphatic heterocycles. The van der Waals surface area contributed by atoms with Crippen LogP contribution in [0.3, 0.4) is 0 Å². The van der Waals surface area contributed by atoms with Crippen molar-refractivity contribution in [2.45, 2.75) is 26.0 Å². The Balaban J connectivity index is 2.37. The molecule has 1 rings (SSSR count). The van der Waals surface area contributed by atoms with Crippen LogP contribution in [0.2, 0.25) is 0 Å². The third-order valence-electron chi connectivity index (χ3n) is 2.60. The molecule has 16 heavy (non-hydrogen) atoms. The summed E-state index contributed by atoms with van der Waals surface area (Å²) in [4.78, 5) is 0. The Kier molecular flexibility index (Phi) is 5.52. The fraction of sp³-hybridized carbons (Fsp3) is 0.667. The van der Waals surface area contributed by atoms with E-state index in [0.29, 0.717) is 24.8 Å². The average Bonchev–Trinajstić information content (AvgIpc) is 2.76. The topological polar surface area (TPSA) is 54.6 Å². The zero-order valence-electron chi connectivity index (χ0n) is 10.1. The van der Waals surface area contributed by atoms with Crippen molar-refractivity contribution in [2.75, 3.05) is 20.3 Å². The number of rotatable bonds is 7. The average molecular weight is 227 g/mol. The Morgan fingerprint density at radius 2 is 2.25 bits per heavy atom. The van der Waals surface area contributed by atoms with Crippen LogP contribution in [0.4, 0.5) is 0 Å². The highest BCUT2D eigenvalue weighted by Gasteiger charge is 2.16. The van der Waals surface area contributed by atoms with Crippen molar-refractivity contribution in [2.24, 2.45) is 5.92 Å². The van der Waals surface area contributed by atoms with Gasteiger partial charge in [-0.05, 0) is 18.1 Å². The number of ether oxygens (including phenoxy) is 1. The van der Waals surface area contributed by atoms with E-state index in [4.69, 9.17) is 9.15 Å². The van der Waals surface area contributed by atoms with Crippen LogP contribution in [0.15, 0.2) is 22.8 Å². The Hall–Kier alpha value is -0.840. The number of furan rings is 1. The summed E-state index contributed by atoms with van der Waals surface area (Å²) in [7, 11) is 1.68. The summed E-state index contributed by atoms with van der Waals surface area (Å²) in [5.74, 6) is 1.05. The molecule has 0 amide bonds. The Bertz CT molecular complexity index is 272. The number of nitrogens with one attached hydrogen (secondary N) is 1. The molecule has 0 aliphatic rings. The van der Waals surface area contributed by atoms with Crippen LogP contribution in [-0.4, -0.2) is 31.4 Å². The van der Waals surface area contributed by atoms with Crippen LogP contribution in [0, 0.1) is 5.92 Å². The summed E-state index contributed by atoms with van der Waals surface area (Å²) < 4.78 is 10.2. The molecule has 2 unspecified atom stereocenters. The van der Waals surface area contributed by atoms with E-state index in [0.717, 1.165) is 0 Å². The minimum atomic E-state index is -0.604. The van der Waals surface area contributed by atoms with Crippen molar-refractivity contribution in [1.29, 1.82) is 0 Å². The van der Waals surface area contributed by atoms with Crippen LogP contribution in [0.5, 0.6) is 0 Å². The van der Waals surface area contributed by atoms with E-state index >= 15 is 0 Å². The Morgan fingerprint density at radius 1 is 1.50 bits per heavy atom. The minimum absolute atomic E-state index is 0.245. The van der Waals surface area contributed by atoms with E-state index in [9.17, 15) is 5.11 Å². The van der Waals surface area contributed by atoms with Crippen LogP contribution < -0.4 is 5.32 Å². The zero-order chi connectivity index (χ0) is 12.0. The highest BCUT2D eigenvalue weighted by atomic mass is 16.5. The van der Waals surface area contributed by atoms with Crippen LogP contribution in [0.1, 0.15) is 25.7 Å². The summed E-state index contributed by atoms with van der Waals surface area (Å²) in [5, 5.41) is 13.1. The third-order valence-corrected chi connectivity index (χ3v) is 2.60. The maximum absolute atomic E-state index is 9.81. The molecule has 1 aromatic heterocycles. The maximum atomic E-state index is 9.81. The number of hydrogen-bond acceptors (Lipinski definition) is 4. The van der Waals surface area contributed by atoms with Crippen LogP contribution in [0.25, 0.3) is 0 Å². The van der Waals surface area contributed by atoms with Crippen molar-refractivity contribution in [3.63, 3.8) is 0 Å². The standard InChI is InChI=1S/C12H21NO3/c1-9(2)10(8-15-3)13-7-11(14)12-5-4-6-16-12/h4-6,9-11,13-14H,7-8H2,1-3H3. The lowest BCUT2D eigenvalue weighted by molar-refractivity contribution is 0.113. The fourth-order valence-corrected chi connectivity index (χ4v) is 1.51. The smallest absolute Gasteiger partial charge is 0.133 e. The Morgan fingerprint density at radius 3 is 2.75 bits per heavy atom. The zero-order valence-corrected chi connectivity index (χ0v) is 10.1. The molecule has 2 N–H and O–H groups in total. The number of aliphatic hydroxyl groups is 1. The highest BCUT2D eigenvalue weighted by Crippen LogP contribution is 2.12. The predicted octanol–water partition coefficient (Wildman–Crippen LogP) is 1.57. The van der Waals surface area contributed by atoms with Crippen LogP contribution in [-0.2, 0) is 4.74 Å². The van der Waals surface area contributed by atoms with Gasteiger partial charge in [0, 0.05) is 19.7 Å². The quantitative estimate of drug-likeness (QED) is 0.742. The van der Waals surface area contributed by atoms with Gasteiger partial charge < -0.3 is 19.6 Å². The van der Waals surface area contributed by atoms with Gasteiger partial charge in [-0.3, -0.25) is 0 Å². The second-order valence-electron chi connectivity index (χ2n) is 4.25. The summed E-state index contributed by atoms with van der Waals surface area (Å²) >= 11 is 0. The van der Waals surface area contributed by atoms with Gasteiger partial charge in [-0.1, -0.05) is 13.8 Å². The van der Waals surface area contributed by atoms with Gasteiger partial charge in [0.2, 0.25) is 0 Å². The molecule has 0 aromatic carbocycles. The van der Waals surface area contributed by atoms with Crippen molar-refractivity contribution in [3.05, 3.63) is 24.2 Å². The van der Waals surface area contributed by atoms with Gasteiger partial charge in [0.05, 0.1) is 12.9 Å². The van der Waals surface area contributed by atoms with E-state index in [2.05, 4.69) is 19.2 Å². The molecule has 0 fully saturated rings. The first-order valence-corrected chi connectivity index (χ1v) is 5.59. The van der Waals surface area contributed by atoms with E-state index < -0.39 is 6.10 Å². The summed E-state index contributed by atoms with van der Waals surface area (Å²) in [6, 6.07) is 3.79. The largest absolute Gasteiger partial charge is 0.467 e. The molecular formula is C12H21NO3. The summed E-state index contributed by atoms with van der Waals surface area (Å²) in [5.41, 5.74) is 0. The van der Waals surface area contributed by atoms with Gasteiger partial charge in [-0.25, -0.2) is 0 Å². The van der Waals surface area contributed by atoms with E-state index in [1.807, 2.05) is 0 Å². The van der Waals surface area contributed by atoms with Gasteiger partial charge in [-0.2, -0.15) is 0 Å². The number of hydrogen-bond donors (Lipinski definition) is 2. The summed E-state index contributed by atoms with van der Waals surface area (Å²) in [6.45, 7) is 5.36. The fourth-order valence-electron chi connectivity index (χ4n) is 1.51. The van der Waals surface area contributed by atoms with Gasteiger partial charge in [0.25, 0.3) is 0 Å². The molecule has 0 spiro atoms. The van der Waals surface area contributed by atoms with Gasteiger partial charge in [0.1, 0.15) is 11.9 Å². The molecule has 1 aromatic rings. The van der Waals surface area contributed by atoms with Gasteiger partial charge in [-0.15, -0.1) is 0 Å². The Labute approximate surface area is 96.6 Å². The first kappa shape index (κ1) is 13.2. The van der Waals surface area contributed by atoms with Crippen molar-refractivity contribution in [1.82, 2.24) is 5.32 Å². The first-order valence-electron chi connectivity index (χ1n) is 5.59. The summed E-state index contributed by atoms with van der Waals surface area (Å²) in [6.07, 6.45) is 0.960. The number of aliphatic hydroxyl groups excluding tert-OH is 1. The molecule has 0 saturated carbocycles. The molecule has 92 valence electrons. The van der Waals surface area contributed by atoms with Crippen LogP contribution >= 0.6 is 0 Å². The second kappa shape index (κ2) is 6.68. The predicted molar refractivity (Wildman–Crippen MR) is 62.2 cm³/mol. The molecule has 0 bridgehead atoms. The van der Waals surface area contributed by atoms with Crippen molar-refractivity contribution >= 4 is 0 Å². The number of methoxy groups -OCH3 is 1. The highest BCUT2D eigenvalue weighted by molar-refractivity contribution is 5.02. The van der Waals surface area contributed by atoms with Crippen molar-refractivity contribution < 1.29 is 14.3 Å². The van der Waals surface area contributed by atoms with Gasteiger partial charge in [0.15, 0.2) is 0 Å². The molecule has 0 radical (unpaired) electrons.